The Hall–Kier alpha value is -4.58. The molecule has 1 heterocycles. The number of hydrogen-bond acceptors (Lipinski definition) is 5. The minimum Gasteiger partial charge on any atom is -0.497 e. The lowest BCUT2D eigenvalue weighted by Gasteiger charge is -2.15. The average Bonchev–Trinajstić information content (AvgIpc) is 2.93. The van der Waals surface area contributed by atoms with E-state index in [0.29, 0.717) is 47.8 Å². The van der Waals surface area contributed by atoms with Gasteiger partial charge in [-0.05, 0) is 67.1 Å². The van der Waals surface area contributed by atoms with Gasteiger partial charge in [0.2, 0.25) is 0 Å². The number of aromatic nitrogens is 2. The molecule has 4 aromatic carbocycles. The zero-order valence-corrected chi connectivity index (χ0v) is 20.0. The first kappa shape index (κ1) is 23.2. The van der Waals surface area contributed by atoms with E-state index < -0.39 is 0 Å². The van der Waals surface area contributed by atoms with Gasteiger partial charge in [0.25, 0.3) is 5.56 Å². The van der Waals surface area contributed by atoms with E-state index in [9.17, 15) is 4.79 Å². The van der Waals surface area contributed by atoms with Crippen LogP contribution in [0, 0.1) is 0 Å². The summed E-state index contributed by atoms with van der Waals surface area (Å²) in [5.74, 6) is 3.56. The zero-order chi connectivity index (χ0) is 24.7. The molecule has 0 spiro atoms. The number of fused-ring (bicyclic) bond motifs is 1. The first-order chi connectivity index (χ1) is 17.7. The van der Waals surface area contributed by atoms with E-state index in [1.807, 2.05) is 103 Å². The van der Waals surface area contributed by atoms with Crippen LogP contribution in [-0.4, -0.2) is 23.3 Å². The maximum Gasteiger partial charge on any atom is 0.261 e. The fraction of sp³-hybridized carbons (Fsp3) is 0.133. The molecule has 5 rings (SSSR count). The molecule has 0 N–H and O–H groups in total. The lowest BCUT2D eigenvalue weighted by Crippen LogP contribution is -2.24. The van der Waals surface area contributed by atoms with Crippen molar-refractivity contribution in [1.82, 2.24) is 9.55 Å². The third kappa shape index (κ3) is 5.23. The number of ether oxygens (including phenoxy) is 3. The van der Waals surface area contributed by atoms with Crippen LogP contribution in [0.1, 0.15) is 6.42 Å². The van der Waals surface area contributed by atoms with Crippen LogP contribution in [0.2, 0.25) is 0 Å². The molecule has 0 atom stereocenters. The molecule has 6 nitrogen and oxygen atoms in total. The Bertz CT molecular complexity index is 1510. The smallest absolute Gasteiger partial charge is 0.261 e. The number of benzene rings is 4. The normalized spacial score (nSPS) is 10.8. The van der Waals surface area contributed by atoms with Crippen LogP contribution in [-0.2, 0) is 6.54 Å². The van der Waals surface area contributed by atoms with Crippen LogP contribution in [0.3, 0.4) is 0 Å². The Morgan fingerprint density at radius 2 is 1.47 bits per heavy atom. The predicted molar refractivity (Wildman–Crippen MR) is 141 cm³/mol. The van der Waals surface area contributed by atoms with E-state index in [1.54, 1.807) is 11.7 Å². The summed E-state index contributed by atoms with van der Waals surface area (Å²) in [6, 6.07) is 32.2. The maximum absolute atomic E-state index is 13.4. The van der Waals surface area contributed by atoms with Crippen molar-refractivity contribution in [2.24, 2.45) is 0 Å². The summed E-state index contributed by atoms with van der Waals surface area (Å²) in [5.41, 5.74) is 1.46. The lowest BCUT2D eigenvalue weighted by molar-refractivity contribution is 0.300. The van der Waals surface area contributed by atoms with Gasteiger partial charge < -0.3 is 14.2 Å². The quantitative estimate of drug-likeness (QED) is 0.232. The van der Waals surface area contributed by atoms with Crippen molar-refractivity contribution >= 4 is 10.9 Å². The summed E-state index contributed by atoms with van der Waals surface area (Å²) in [5, 5.41) is 0.599. The molecule has 0 unspecified atom stereocenters. The fourth-order valence-electron chi connectivity index (χ4n) is 4.00. The van der Waals surface area contributed by atoms with E-state index in [4.69, 9.17) is 19.2 Å². The monoisotopic (exact) mass is 478 g/mol. The van der Waals surface area contributed by atoms with Crippen LogP contribution >= 0.6 is 0 Å². The lowest BCUT2D eigenvalue weighted by atomic mass is 10.1. The minimum absolute atomic E-state index is 0.0651. The van der Waals surface area contributed by atoms with Gasteiger partial charge in [0.15, 0.2) is 0 Å². The van der Waals surface area contributed by atoms with E-state index in [0.717, 1.165) is 17.1 Å². The van der Waals surface area contributed by atoms with Gasteiger partial charge in [-0.2, -0.15) is 0 Å². The molecule has 36 heavy (non-hydrogen) atoms. The van der Waals surface area contributed by atoms with Gasteiger partial charge in [0.1, 0.15) is 28.8 Å². The second-order valence-corrected chi connectivity index (χ2v) is 8.23. The van der Waals surface area contributed by atoms with Crippen molar-refractivity contribution in [3.63, 3.8) is 0 Å². The third-order valence-corrected chi connectivity index (χ3v) is 5.79. The van der Waals surface area contributed by atoms with Crippen molar-refractivity contribution < 1.29 is 14.2 Å². The summed E-state index contributed by atoms with van der Waals surface area (Å²) in [7, 11) is 1.63. The van der Waals surface area contributed by atoms with Crippen LogP contribution < -0.4 is 19.8 Å². The molecule has 0 aliphatic rings. The van der Waals surface area contributed by atoms with Crippen LogP contribution in [0.4, 0.5) is 0 Å². The van der Waals surface area contributed by atoms with Gasteiger partial charge in [0, 0.05) is 18.2 Å². The Balaban J connectivity index is 1.32. The van der Waals surface area contributed by atoms with Crippen LogP contribution in [0.25, 0.3) is 22.3 Å². The molecular formula is C30H26N2O4. The van der Waals surface area contributed by atoms with E-state index in [-0.39, 0.29) is 5.56 Å². The highest BCUT2D eigenvalue weighted by Gasteiger charge is 2.13. The molecule has 0 radical (unpaired) electrons. The SMILES string of the molecule is COc1ccc(-c2nc3ccccc3c(=O)n2CCCOc2cccc(Oc3ccccc3)c2)cc1. The summed E-state index contributed by atoms with van der Waals surface area (Å²) < 4.78 is 18.9. The zero-order valence-electron chi connectivity index (χ0n) is 20.0. The molecule has 0 saturated heterocycles. The summed E-state index contributed by atoms with van der Waals surface area (Å²) in [6.45, 7) is 0.911. The Labute approximate surface area is 209 Å². The van der Waals surface area contributed by atoms with Crippen molar-refractivity contribution in [3.05, 3.63) is 113 Å². The number of rotatable bonds is 9. The van der Waals surface area contributed by atoms with Gasteiger partial charge in [-0.25, -0.2) is 4.98 Å². The molecule has 0 fully saturated rings. The highest BCUT2D eigenvalue weighted by Crippen LogP contribution is 2.25. The molecule has 5 aromatic rings. The number of nitrogens with zero attached hydrogens (tertiary/aromatic N) is 2. The first-order valence-electron chi connectivity index (χ1n) is 11.8. The molecule has 0 bridgehead atoms. The number of methoxy groups -OCH3 is 1. The van der Waals surface area contributed by atoms with Gasteiger partial charge in [0.05, 0.1) is 24.6 Å². The maximum atomic E-state index is 13.4. The van der Waals surface area contributed by atoms with Crippen molar-refractivity contribution in [2.75, 3.05) is 13.7 Å². The van der Waals surface area contributed by atoms with Gasteiger partial charge in [-0.1, -0.05) is 36.4 Å². The van der Waals surface area contributed by atoms with Gasteiger partial charge in [-0.15, -0.1) is 0 Å². The molecule has 0 aliphatic carbocycles. The van der Waals surface area contributed by atoms with Crippen molar-refractivity contribution in [1.29, 1.82) is 0 Å². The average molecular weight is 479 g/mol. The molecule has 0 amide bonds. The summed E-state index contributed by atoms with van der Waals surface area (Å²) in [6.07, 6.45) is 0.632. The van der Waals surface area contributed by atoms with Crippen LogP contribution in [0.5, 0.6) is 23.0 Å². The van der Waals surface area contributed by atoms with E-state index in [1.165, 1.54) is 0 Å². The molecule has 0 aliphatic heterocycles. The van der Waals surface area contributed by atoms with Gasteiger partial charge in [-0.3, -0.25) is 9.36 Å². The molecule has 1 aromatic heterocycles. The highest BCUT2D eigenvalue weighted by atomic mass is 16.5. The molecule has 6 heteroatoms. The standard InChI is InChI=1S/C30H26N2O4/c1-34-23-17-15-22(16-18-23)29-31-28-14-6-5-13-27(28)30(33)32(29)19-8-20-35-25-11-7-12-26(21-25)36-24-9-3-2-4-10-24/h2-7,9-18,21H,8,19-20H2,1H3. The van der Waals surface area contributed by atoms with Crippen LogP contribution in [0.15, 0.2) is 108 Å². The molecule has 0 saturated carbocycles. The second-order valence-electron chi connectivity index (χ2n) is 8.23. The topological polar surface area (TPSA) is 62.6 Å². The van der Waals surface area contributed by atoms with Crippen molar-refractivity contribution in [2.45, 2.75) is 13.0 Å². The highest BCUT2D eigenvalue weighted by molar-refractivity contribution is 5.79. The number of para-hydroxylation sites is 2. The fourth-order valence-corrected chi connectivity index (χ4v) is 4.00. The van der Waals surface area contributed by atoms with E-state index in [2.05, 4.69) is 0 Å². The predicted octanol–water partition coefficient (Wildman–Crippen LogP) is 6.33. The largest absolute Gasteiger partial charge is 0.497 e. The Morgan fingerprint density at radius 1 is 0.750 bits per heavy atom. The summed E-state index contributed by atoms with van der Waals surface area (Å²) >= 11 is 0. The first-order valence-corrected chi connectivity index (χ1v) is 11.8. The van der Waals surface area contributed by atoms with E-state index >= 15 is 0 Å². The van der Waals surface area contributed by atoms with Gasteiger partial charge >= 0.3 is 0 Å². The minimum atomic E-state index is -0.0651. The third-order valence-electron chi connectivity index (χ3n) is 5.79. The Morgan fingerprint density at radius 3 is 2.28 bits per heavy atom. The second kappa shape index (κ2) is 10.8. The summed E-state index contributed by atoms with van der Waals surface area (Å²) in [4.78, 5) is 18.2. The Kier molecular flexibility index (Phi) is 6.94. The van der Waals surface area contributed by atoms with Crippen molar-refractivity contribution in [3.8, 4) is 34.4 Å². The molecule has 180 valence electrons. The number of hydrogen-bond donors (Lipinski definition) is 0. The molecular weight excluding hydrogens is 452 g/mol.